The van der Waals surface area contributed by atoms with E-state index in [0.29, 0.717) is 0 Å². The summed E-state index contributed by atoms with van der Waals surface area (Å²) in [6.45, 7) is 0. The Morgan fingerprint density at radius 2 is 1.55 bits per heavy atom. The first kappa shape index (κ1) is 14.3. The Morgan fingerprint density at radius 3 is 2.18 bits per heavy atom. The van der Waals surface area contributed by atoms with E-state index >= 15 is 0 Å². The maximum Gasteiger partial charge on any atom is 0.201 e. The summed E-state index contributed by atoms with van der Waals surface area (Å²) in [6.07, 6.45) is 0. The summed E-state index contributed by atoms with van der Waals surface area (Å²) < 4.78 is 18.5. The van der Waals surface area contributed by atoms with Gasteiger partial charge in [0.25, 0.3) is 0 Å². The van der Waals surface area contributed by atoms with Gasteiger partial charge in [-0.25, -0.2) is 0 Å². The molecule has 22 heavy (non-hydrogen) atoms. The van der Waals surface area contributed by atoms with Crippen molar-refractivity contribution >= 4 is 10.8 Å². The van der Waals surface area contributed by atoms with Crippen molar-refractivity contribution < 1.29 is 14.2 Å². The zero-order valence-electron chi connectivity index (χ0n) is 13.2. The van der Waals surface area contributed by atoms with Crippen molar-refractivity contribution in [2.24, 2.45) is 7.05 Å². The van der Waals surface area contributed by atoms with Crippen LogP contribution in [0.15, 0.2) is 42.5 Å². The van der Waals surface area contributed by atoms with Crippen LogP contribution in [0, 0.1) is 0 Å². The molecule has 0 atom stereocenters. The Bertz CT molecular complexity index is 821. The van der Waals surface area contributed by atoms with E-state index in [2.05, 4.69) is 16.7 Å². The van der Waals surface area contributed by atoms with E-state index in [1.165, 1.54) is 0 Å². The number of nitrogens with zero attached hydrogens (tertiary/aromatic N) is 1. The number of hydrogen-bond acceptors (Lipinski definition) is 3. The lowest BCUT2D eigenvalue weighted by molar-refractivity contribution is 0.386. The van der Waals surface area contributed by atoms with Crippen molar-refractivity contribution in [2.45, 2.75) is 0 Å². The summed E-state index contributed by atoms with van der Waals surface area (Å²) in [5, 5.41) is 2.21. The summed E-state index contributed by atoms with van der Waals surface area (Å²) in [5.74, 6) is 2.38. The molecule has 0 N–H and O–H groups in total. The van der Waals surface area contributed by atoms with Crippen LogP contribution >= 0.6 is 0 Å². The van der Waals surface area contributed by atoms with Crippen LogP contribution in [0.1, 0.15) is 0 Å². The molecule has 4 nitrogen and oxygen atoms in total. The standard InChI is InChI=1S/C18H19NO3/c1-19-17(13-7-5-6-8-14(13)18(19)22-4)15-10-9-12(20-2)11-16(15)21-3/h5-11H,1-4H3. The van der Waals surface area contributed by atoms with Gasteiger partial charge in [-0.2, -0.15) is 0 Å². The number of methoxy groups -OCH3 is 3. The molecule has 0 aliphatic rings. The van der Waals surface area contributed by atoms with Crippen LogP contribution in [0.3, 0.4) is 0 Å². The van der Waals surface area contributed by atoms with Gasteiger partial charge in [-0.1, -0.05) is 18.2 Å². The number of fused-ring (bicyclic) bond motifs is 1. The number of hydrogen-bond donors (Lipinski definition) is 0. The van der Waals surface area contributed by atoms with Crippen molar-refractivity contribution in [1.29, 1.82) is 0 Å². The van der Waals surface area contributed by atoms with Gasteiger partial charge in [0.05, 0.1) is 27.0 Å². The van der Waals surface area contributed by atoms with Gasteiger partial charge in [-0.15, -0.1) is 0 Å². The van der Waals surface area contributed by atoms with Crippen LogP contribution in [0.25, 0.3) is 22.0 Å². The number of aromatic nitrogens is 1. The molecule has 114 valence electrons. The molecule has 4 heteroatoms. The largest absolute Gasteiger partial charge is 0.497 e. The minimum absolute atomic E-state index is 0.770. The lowest BCUT2D eigenvalue weighted by Gasteiger charge is -2.12. The fourth-order valence-corrected chi connectivity index (χ4v) is 2.91. The lowest BCUT2D eigenvalue weighted by atomic mass is 10.1. The van der Waals surface area contributed by atoms with Gasteiger partial charge in [0, 0.05) is 29.4 Å². The molecule has 0 aliphatic heterocycles. The molecular formula is C18H19NO3. The van der Waals surface area contributed by atoms with E-state index in [9.17, 15) is 0 Å². The van der Waals surface area contributed by atoms with Crippen molar-refractivity contribution in [3.8, 4) is 28.6 Å². The molecule has 0 radical (unpaired) electrons. The Hall–Kier alpha value is -2.62. The fraction of sp³-hybridized carbons (Fsp3) is 0.222. The van der Waals surface area contributed by atoms with Gasteiger partial charge in [0.2, 0.25) is 5.88 Å². The van der Waals surface area contributed by atoms with E-state index in [4.69, 9.17) is 14.2 Å². The first-order chi connectivity index (χ1) is 10.7. The molecule has 2 aromatic carbocycles. The maximum atomic E-state index is 5.58. The Morgan fingerprint density at radius 1 is 0.818 bits per heavy atom. The number of rotatable bonds is 4. The molecule has 0 aliphatic carbocycles. The average molecular weight is 297 g/mol. The molecule has 3 rings (SSSR count). The minimum atomic E-state index is 0.770. The van der Waals surface area contributed by atoms with E-state index in [0.717, 1.165) is 39.4 Å². The second-order valence-electron chi connectivity index (χ2n) is 5.03. The molecule has 0 saturated carbocycles. The zero-order valence-corrected chi connectivity index (χ0v) is 13.2. The highest BCUT2D eigenvalue weighted by Gasteiger charge is 2.19. The van der Waals surface area contributed by atoms with Crippen molar-refractivity contribution in [2.75, 3.05) is 21.3 Å². The highest BCUT2D eigenvalue weighted by atomic mass is 16.5. The summed E-state index contributed by atoms with van der Waals surface area (Å²) in [4.78, 5) is 0. The summed E-state index contributed by atoms with van der Waals surface area (Å²) in [5.41, 5.74) is 2.07. The second-order valence-corrected chi connectivity index (χ2v) is 5.03. The first-order valence-electron chi connectivity index (χ1n) is 7.05. The lowest BCUT2D eigenvalue weighted by Crippen LogP contribution is -1.98. The number of ether oxygens (including phenoxy) is 3. The van der Waals surface area contributed by atoms with Crippen LogP contribution in [0.2, 0.25) is 0 Å². The third-order valence-corrected chi connectivity index (χ3v) is 3.91. The van der Waals surface area contributed by atoms with Gasteiger partial charge in [-0.3, -0.25) is 0 Å². The molecule has 0 amide bonds. The second kappa shape index (κ2) is 5.64. The third-order valence-electron chi connectivity index (χ3n) is 3.91. The summed E-state index contributed by atoms with van der Waals surface area (Å²) in [6, 6.07) is 14.0. The Balaban J connectivity index is 2.33. The normalized spacial score (nSPS) is 10.7. The molecule has 0 bridgehead atoms. The van der Waals surface area contributed by atoms with Crippen LogP contribution < -0.4 is 14.2 Å². The monoisotopic (exact) mass is 297 g/mol. The molecule has 0 unspecified atom stereocenters. The van der Waals surface area contributed by atoms with E-state index in [1.54, 1.807) is 21.3 Å². The molecule has 0 saturated heterocycles. The fourth-order valence-electron chi connectivity index (χ4n) is 2.91. The first-order valence-corrected chi connectivity index (χ1v) is 7.05. The topological polar surface area (TPSA) is 32.6 Å². The van der Waals surface area contributed by atoms with Gasteiger partial charge in [0.15, 0.2) is 0 Å². The molecule has 1 aromatic heterocycles. The molecule has 0 spiro atoms. The maximum absolute atomic E-state index is 5.58. The van der Waals surface area contributed by atoms with Crippen molar-refractivity contribution in [3.63, 3.8) is 0 Å². The smallest absolute Gasteiger partial charge is 0.201 e. The predicted octanol–water partition coefficient (Wildman–Crippen LogP) is 3.87. The summed E-state index contributed by atoms with van der Waals surface area (Å²) >= 11 is 0. The van der Waals surface area contributed by atoms with Crippen molar-refractivity contribution in [3.05, 3.63) is 42.5 Å². The SMILES string of the molecule is COc1ccc(-c2c3ccccc3c(OC)n2C)c(OC)c1. The molecule has 3 aromatic rings. The van der Waals surface area contributed by atoms with E-state index in [-0.39, 0.29) is 0 Å². The van der Waals surface area contributed by atoms with Gasteiger partial charge >= 0.3 is 0 Å². The predicted molar refractivity (Wildman–Crippen MR) is 88.0 cm³/mol. The zero-order chi connectivity index (χ0) is 15.7. The van der Waals surface area contributed by atoms with E-state index < -0.39 is 0 Å². The van der Waals surface area contributed by atoms with Crippen LogP contribution in [0.5, 0.6) is 17.4 Å². The average Bonchev–Trinajstić information content (AvgIpc) is 2.85. The molecule has 1 heterocycles. The summed E-state index contributed by atoms with van der Waals surface area (Å²) in [7, 11) is 7.00. The van der Waals surface area contributed by atoms with E-state index in [1.807, 2.05) is 37.4 Å². The minimum Gasteiger partial charge on any atom is -0.497 e. The third kappa shape index (κ3) is 2.08. The van der Waals surface area contributed by atoms with Crippen LogP contribution in [-0.2, 0) is 7.05 Å². The molecular weight excluding hydrogens is 278 g/mol. The van der Waals surface area contributed by atoms with Gasteiger partial charge in [0.1, 0.15) is 11.5 Å². The van der Waals surface area contributed by atoms with Gasteiger partial charge < -0.3 is 18.8 Å². The quantitative estimate of drug-likeness (QED) is 0.733. The van der Waals surface area contributed by atoms with Gasteiger partial charge in [-0.05, 0) is 18.2 Å². The molecule has 0 fully saturated rings. The Kier molecular flexibility index (Phi) is 3.67. The van der Waals surface area contributed by atoms with Crippen LogP contribution in [0.4, 0.5) is 0 Å². The highest BCUT2D eigenvalue weighted by molar-refractivity contribution is 6.01. The Labute approximate surface area is 129 Å². The van der Waals surface area contributed by atoms with Crippen molar-refractivity contribution in [1.82, 2.24) is 4.57 Å². The van der Waals surface area contributed by atoms with Crippen LogP contribution in [-0.4, -0.2) is 25.9 Å². The highest BCUT2D eigenvalue weighted by Crippen LogP contribution is 2.41. The number of benzene rings is 2.